The molecule has 0 atom stereocenters. The van der Waals surface area contributed by atoms with Crippen molar-refractivity contribution in [3.63, 3.8) is 0 Å². The van der Waals surface area contributed by atoms with Crippen molar-refractivity contribution in [1.29, 1.82) is 0 Å². The molecule has 0 aliphatic carbocycles. The molecule has 0 N–H and O–H groups in total. The number of fused-ring (bicyclic) bond motifs is 3. The summed E-state index contributed by atoms with van der Waals surface area (Å²) in [7, 11) is 44.8. The zero-order valence-electron chi connectivity index (χ0n) is 30.0. The van der Waals surface area contributed by atoms with E-state index in [0.29, 0.717) is 45.0 Å². The summed E-state index contributed by atoms with van der Waals surface area (Å²) < 4.78 is 6.33. The van der Waals surface area contributed by atoms with Crippen LogP contribution in [0.3, 0.4) is 0 Å². The molecule has 0 fully saturated rings. The quantitative estimate of drug-likeness (QED) is 0.251. The van der Waals surface area contributed by atoms with Crippen molar-refractivity contribution < 1.29 is 4.42 Å². The Morgan fingerprint density at radius 3 is 1.04 bits per heavy atom. The van der Waals surface area contributed by atoms with Crippen LogP contribution in [0.1, 0.15) is 0 Å². The minimum atomic E-state index is 0.120. The minimum absolute atomic E-state index is 0.120. The lowest BCUT2D eigenvalue weighted by molar-refractivity contribution is 0.673. The van der Waals surface area contributed by atoms with Crippen LogP contribution in [0.2, 0.25) is 0 Å². The van der Waals surface area contributed by atoms with Crippen LogP contribution in [0.5, 0.6) is 0 Å². The smallest absolute Gasteiger partial charge is 0.164 e. The van der Waals surface area contributed by atoms with Crippen molar-refractivity contribution in [2.24, 2.45) is 0 Å². The van der Waals surface area contributed by atoms with E-state index in [0.717, 1.165) is 38.9 Å². The highest BCUT2D eigenvalue weighted by atomic mass is 16.3. The van der Waals surface area contributed by atoms with Crippen LogP contribution < -0.4 is 38.2 Å². The van der Waals surface area contributed by atoms with Crippen molar-refractivity contribution in [3.8, 4) is 67.5 Å². The standard InChI is InChI=1S/C45H22B7N3O/c46-34-31(41-32(35(47)37(34)49)33-36(48)38(50)39(51)40(52)42(33)56-41)27-15-21-30(22-16-27)45-54-43(28-17-11-25(12-18-28)23-7-3-1-4-8-23)53-44(55-45)29-19-13-26(14-20-29)24-9-5-2-6-10-24/h1-22H. The first-order chi connectivity index (χ1) is 27.2. The van der Waals surface area contributed by atoms with E-state index in [9.17, 15) is 0 Å². The number of hydrogen-bond acceptors (Lipinski definition) is 4. The number of aromatic nitrogens is 3. The Hall–Kier alpha value is -6.20. The SMILES string of the molecule is [B]c1c([B])c([B])c2c(oc3c(-c4ccc(-c5nc(-c6ccc(-c7ccccc7)cc6)nc(-c6ccc(-c7ccccc7)cc6)n5)cc4)c([B])c([B])c([B])c32)c1[B]. The topological polar surface area (TPSA) is 51.8 Å². The summed E-state index contributed by atoms with van der Waals surface area (Å²) >= 11 is 0. The van der Waals surface area contributed by atoms with E-state index in [1.807, 2.05) is 84.9 Å². The van der Waals surface area contributed by atoms with Crippen LogP contribution in [0.4, 0.5) is 0 Å². The van der Waals surface area contributed by atoms with Gasteiger partial charge in [0.15, 0.2) is 17.5 Å². The average Bonchev–Trinajstić information content (AvgIpc) is 3.65. The Bertz CT molecular complexity index is 2850. The molecule has 0 saturated carbocycles. The summed E-state index contributed by atoms with van der Waals surface area (Å²) in [4.78, 5) is 14.9. The van der Waals surface area contributed by atoms with E-state index in [2.05, 4.69) is 48.5 Å². The fraction of sp³-hybridized carbons (Fsp3) is 0. The van der Waals surface area contributed by atoms with Gasteiger partial charge in [0, 0.05) is 33.0 Å². The van der Waals surface area contributed by atoms with Gasteiger partial charge in [-0.1, -0.05) is 155 Å². The van der Waals surface area contributed by atoms with Gasteiger partial charge in [-0.3, -0.25) is 0 Å². The first-order valence-electron chi connectivity index (χ1n) is 17.8. The molecule has 0 spiro atoms. The molecule has 11 heteroatoms. The maximum Gasteiger partial charge on any atom is 0.164 e. The Balaban J connectivity index is 1.16. The summed E-state index contributed by atoms with van der Waals surface area (Å²) in [6.45, 7) is 0. The molecule has 2 heterocycles. The molecule has 14 radical (unpaired) electrons. The van der Waals surface area contributed by atoms with Crippen LogP contribution in [-0.2, 0) is 0 Å². The Labute approximate surface area is 334 Å². The molecule has 0 saturated heterocycles. The first kappa shape index (κ1) is 35.5. The number of rotatable bonds is 6. The minimum Gasteiger partial charge on any atom is -0.456 e. The maximum absolute atomic E-state index is 6.64. The Morgan fingerprint density at radius 2 is 0.607 bits per heavy atom. The highest BCUT2D eigenvalue weighted by molar-refractivity contribution is 6.69. The fourth-order valence-electron chi connectivity index (χ4n) is 7.12. The molecule has 244 valence electrons. The zero-order chi connectivity index (χ0) is 38.7. The van der Waals surface area contributed by atoms with Gasteiger partial charge in [-0.15, -0.1) is 16.4 Å². The molecule has 7 aromatic carbocycles. The van der Waals surface area contributed by atoms with Gasteiger partial charge in [0.1, 0.15) is 66.1 Å². The van der Waals surface area contributed by atoms with Crippen molar-refractivity contribution in [1.82, 2.24) is 15.0 Å². The molecule has 0 aliphatic rings. The second kappa shape index (κ2) is 14.1. The molecule has 0 bridgehead atoms. The van der Waals surface area contributed by atoms with Crippen molar-refractivity contribution >= 4 is 115 Å². The van der Waals surface area contributed by atoms with E-state index in [-0.39, 0.29) is 43.8 Å². The lowest BCUT2D eigenvalue weighted by atomic mass is 9.64. The summed E-state index contributed by atoms with van der Waals surface area (Å²) in [5.41, 5.74) is 9.89. The normalized spacial score (nSPS) is 11.4. The van der Waals surface area contributed by atoms with E-state index in [4.69, 9.17) is 74.3 Å². The van der Waals surface area contributed by atoms with Gasteiger partial charge in [-0.05, 0) is 27.8 Å². The molecular formula is C45H22B7N3O. The van der Waals surface area contributed by atoms with Crippen molar-refractivity contribution in [3.05, 3.63) is 133 Å². The molecular weight excluding hydrogens is 674 g/mol. The third kappa shape index (κ3) is 6.03. The summed E-state index contributed by atoms with van der Waals surface area (Å²) in [5.74, 6) is 1.56. The van der Waals surface area contributed by atoms with Gasteiger partial charge in [0.2, 0.25) is 0 Å². The van der Waals surface area contributed by atoms with Crippen LogP contribution in [0.15, 0.2) is 138 Å². The summed E-state index contributed by atoms with van der Waals surface area (Å²) in [6.07, 6.45) is 0. The van der Waals surface area contributed by atoms with Gasteiger partial charge in [0.05, 0.1) is 0 Å². The fourth-order valence-corrected chi connectivity index (χ4v) is 7.12. The predicted octanol–water partition coefficient (Wildman–Crippen LogP) is 3.33. The van der Waals surface area contributed by atoms with Gasteiger partial charge < -0.3 is 4.42 Å². The monoisotopic (exact) mass is 697 g/mol. The molecule has 9 aromatic rings. The molecule has 0 amide bonds. The Kier molecular flexibility index (Phi) is 8.97. The molecule has 9 rings (SSSR count). The van der Waals surface area contributed by atoms with E-state index < -0.39 is 0 Å². The zero-order valence-corrected chi connectivity index (χ0v) is 30.0. The molecule has 4 nitrogen and oxygen atoms in total. The summed E-state index contributed by atoms with van der Waals surface area (Å²) in [5, 5.41) is 0.870. The first-order valence-corrected chi connectivity index (χ1v) is 17.8. The predicted molar refractivity (Wildman–Crippen MR) is 237 cm³/mol. The molecule has 0 aliphatic heterocycles. The lowest BCUT2D eigenvalue weighted by Crippen LogP contribution is -2.47. The van der Waals surface area contributed by atoms with E-state index in [1.54, 1.807) is 0 Å². The third-order valence-electron chi connectivity index (χ3n) is 10.2. The van der Waals surface area contributed by atoms with E-state index >= 15 is 0 Å². The highest BCUT2D eigenvalue weighted by Crippen LogP contribution is 2.34. The van der Waals surface area contributed by atoms with Gasteiger partial charge in [-0.25, -0.2) is 15.0 Å². The number of furan rings is 1. The van der Waals surface area contributed by atoms with E-state index in [1.165, 1.54) is 0 Å². The number of benzene rings is 7. The number of hydrogen-bond donors (Lipinski definition) is 0. The van der Waals surface area contributed by atoms with Gasteiger partial charge in [0.25, 0.3) is 0 Å². The van der Waals surface area contributed by atoms with Crippen molar-refractivity contribution in [2.75, 3.05) is 0 Å². The van der Waals surface area contributed by atoms with Gasteiger partial charge >= 0.3 is 0 Å². The van der Waals surface area contributed by atoms with Crippen LogP contribution in [-0.4, -0.2) is 69.9 Å². The Morgan fingerprint density at radius 1 is 0.286 bits per heavy atom. The molecule has 0 unspecified atom stereocenters. The molecule has 56 heavy (non-hydrogen) atoms. The van der Waals surface area contributed by atoms with Crippen LogP contribution in [0.25, 0.3) is 89.5 Å². The van der Waals surface area contributed by atoms with Crippen molar-refractivity contribution in [2.45, 2.75) is 0 Å². The maximum atomic E-state index is 6.64. The average molecular weight is 696 g/mol. The summed E-state index contributed by atoms with van der Waals surface area (Å²) in [6, 6.07) is 44.4. The van der Waals surface area contributed by atoms with Crippen LogP contribution >= 0.6 is 0 Å². The third-order valence-corrected chi connectivity index (χ3v) is 10.2. The number of nitrogens with zero attached hydrogens (tertiary/aromatic N) is 3. The lowest BCUT2D eigenvalue weighted by Gasteiger charge is -2.16. The van der Waals surface area contributed by atoms with Crippen LogP contribution in [0, 0.1) is 0 Å². The highest BCUT2D eigenvalue weighted by Gasteiger charge is 2.22. The second-order valence-electron chi connectivity index (χ2n) is 13.6. The molecule has 2 aromatic heterocycles. The second-order valence-corrected chi connectivity index (χ2v) is 13.6. The largest absolute Gasteiger partial charge is 0.456 e. The van der Waals surface area contributed by atoms with Gasteiger partial charge in [-0.2, -0.15) is 0 Å².